The fourth-order valence-electron chi connectivity index (χ4n) is 4.74. The molecule has 2 fully saturated rings. The highest BCUT2D eigenvalue weighted by atomic mass is 127. The Morgan fingerprint density at radius 1 is 0.941 bits per heavy atom. The molecule has 2 aromatic carbocycles. The maximum atomic E-state index is 5.47. The molecule has 0 aromatic heterocycles. The van der Waals surface area contributed by atoms with E-state index in [1.54, 1.807) is 0 Å². The molecular weight excluding hydrogens is 537 g/mol. The van der Waals surface area contributed by atoms with E-state index in [4.69, 9.17) is 9.73 Å². The van der Waals surface area contributed by atoms with Crippen LogP contribution < -0.4 is 10.6 Å². The van der Waals surface area contributed by atoms with Crippen molar-refractivity contribution in [2.24, 2.45) is 4.99 Å². The summed E-state index contributed by atoms with van der Waals surface area (Å²) in [6.07, 6.45) is 2.58. The van der Waals surface area contributed by atoms with E-state index in [0.717, 1.165) is 51.9 Å². The Balaban J connectivity index is 0.00000324. The van der Waals surface area contributed by atoms with E-state index in [2.05, 4.69) is 82.0 Å². The molecule has 2 N–H and O–H groups in total. The summed E-state index contributed by atoms with van der Waals surface area (Å²) in [5.41, 5.74) is 3.97. The molecule has 0 bridgehead atoms. The van der Waals surface area contributed by atoms with Gasteiger partial charge in [-0.3, -0.25) is 9.80 Å². The summed E-state index contributed by atoms with van der Waals surface area (Å²) < 4.78 is 5.47. The Bertz CT molecular complexity index is 866. The van der Waals surface area contributed by atoms with Crippen LogP contribution in [0.3, 0.4) is 0 Å². The van der Waals surface area contributed by atoms with Gasteiger partial charge >= 0.3 is 0 Å². The van der Waals surface area contributed by atoms with E-state index in [9.17, 15) is 0 Å². The first kappa shape index (κ1) is 26.9. The van der Waals surface area contributed by atoms with Crippen LogP contribution in [0.5, 0.6) is 0 Å². The van der Waals surface area contributed by atoms with E-state index in [-0.39, 0.29) is 24.0 Å². The second kappa shape index (κ2) is 14.7. The van der Waals surface area contributed by atoms with Gasteiger partial charge < -0.3 is 15.4 Å². The van der Waals surface area contributed by atoms with Gasteiger partial charge in [0.05, 0.1) is 25.8 Å². The third-order valence-corrected chi connectivity index (χ3v) is 6.49. The molecule has 0 aliphatic carbocycles. The maximum Gasteiger partial charge on any atom is 0.191 e. The minimum Gasteiger partial charge on any atom is -0.379 e. The third-order valence-electron chi connectivity index (χ3n) is 6.49. The first-order valence-corrected chi connectivity index (χ1v) is 12.5. The van der Waals surface area contributed by atoms with E-state index in [1.807, 2.05) is 0 Å². The number of nitrogens with zero attached hydrogens (tertiary/aromatic N) is 3. The minimum atomic E-state index is 0. The second-order valence-electron chi connectivity index (χ2n) is 8.95. The molecule has 2 heterocycles. The van der Waals surface area contributed by atoms with Crippen LogP contribution >= 0.6 is 24.0 Å². The van der Waals surface area contributed by atoms with Crippen LogP contribution in [0.4, 0.5) is 0 Å². The SMILES string of the molecule is CCNC(=NCc1cccc(CN2CCOCC2)c1)NCC(c1ccccc1)N1CCCC1.I. The quantitative estimate of drug-likeness (QED) is 0.268. The Kier molecular flexibility index (Phi) is 11.6. The number of aliphatic imine (C=N–C) groups is 1. The van der Waals surface area contributed by atoms with Crippen LogP contribution in [0.2, 0.25) is 0 Å². The fraction of sp³-hybridized carbons (Fsp3) is 0.519. The van der Waals surface area contributed by atoms with Crippen molar-refractivity contribution in [3.63, 3.8) is 0 Å². The fourth-order valence-corrected chi connectivity index (χ4v) is 4.74. The largest absolute Gasteiger partial charge is 0.379 e. The normalized spacial score (nSPS) is 18.3. The minimum absolute atomic E-state index is 0. The molecule has 0 radical (unpaired) electrons. The zero-order valence-corrected chi connectivity index (χ0v) is 22.7. The summed E-state index contributed by atoms with van der Waals surface area (Å²) in [4.78, 5) is 9.96. The number of hydrogen-bond donors (Lipinski definition) is 2. The average Bonchev–Trinajstić information content (AvgIpc) is 3.39. The number of hydrogen-bond acceptors (Lipinski definition) is 4. The van der Waals surface area contributed by atoms with Crippen molar-refractivity contribution in [1.82, 2.24) is 20.4 Å². The molecule has 7 heteroatoms. The number of morpholine rings is 1. The molecule has 1 atom stereocenters. The number of benzene rings is 2. The molecule has 0 saturated carbocycles. The number of ether oxygens (including phenoxy) is 1. The average molecular weight is 578 g/mol. The molecule has 0 amide bonds. The predicted molar refractivity (Wildman–Crippen MR) is 151 cm³/mol. The summed E-state index contributed by atoms with van der Waals surface area (Å²) in [5.74, 6) is 0.885. The van der Waals surface area contributed by atoms with E-state index >= 15 is 0 Å². The second-order valence-corrected chi connectivity index (χ2v) is 8.95. The summed E-state index contributed by atoms with van der Waals surface area (Å²) in [7, 11) is 0. The van der Waals surface area contributed by atoms with Gasteiger partial charge in [0.1, 0.15) is 0 Å². The van der Waals surface area contributed by atoms with Gasteiger partial charge in [-0.05, 0) is 49.5 Å². The summed E-state index contributed by atoms with van der Waals surface area (Å²) in [6.45, 7) is 11.5. The van der Waals surface area contributed by atoms with Crippen LogP contribution in [0, 0.1) is 0 Å². The number of likely N-dealkylation sites (tertiary alicyclic amines) is 1. The van der Waals surface area contributed by atoms with Gasteiger partial charge in [0, 0.05) is 32.7 Å². The van der Waals surface area contributed by atoms with Crippen LogP contribution in [-0.2, 0) is 17.8 Å². The van der Waals surface area contributed by atoms with E-state index in [1.165, 1.54) is 42.6 Å². The zero-order valence-electron chi connectivity index (χ0n) is 20.4. The predicted octanol–water partition coefficient (Wildman–Crippen LogP) is 4.03. The van der Waals surface area contributed by atoms with Crippen molar-refractivity contribution in [1.29, 1.82) is 0 Å². The first-order valence-electron chi connectivity index (χ1n) is 12.5. The molecule has 2 aliphatic heterocycles. The molecule has 0 spiro atoms. The van der Waals surface area contributed by atoms with Gasteiger partial charge in [0.2, 0.25) is 0 Å². The van der Waals surface area contributed by atoms with Crippen molar-refractivity contribution < 1.29 is 4.74 Å². The molecule has 6 nitrogen and oxygen atoms in total. The Hall–Kier alpha value is -1.68. The van der Waals surface area contributed by atoms with Gasteiger partial charge in [-0.15, -0.1) is 24.0 Å². The lowest BCUT2D eigenvalue weighted by atomic mass is 10.1. The molecule has 186 valence electrons. The standard InChI is InChI=1S/C27H39N5O.HI/c1-2-28-27(30-21-26(32-13-6-7-14-32)25-11-4-3-5-12-25)29-20-23-9-8-10-24(19-23)22-31-15-17-33-18-16-31;/h3-5,8-12,19,26H,2,6-7,13-18,20-22H2,1H3,(H2,28,29,30);1H. The molecule has 4 rings (SSSR count). The molecule has 2 aromatic rings. The highest BCUT2D eigenvalue weighted by Crippen LogP contribution is 2.24. The van der Waals surface area contributed by atoms with Crippen LogP contribution in [-0.4, -0.2) is 68.2 Å². The van der Waals surface area contributed by atoms with Crippen LogP contribution in [0.15, 0.2) is 59.6 Å². The lowest BCUT2D eigenvalue weighted by Gasteiger charge is -2.29. The summed E-state index contributed by atoms with van der Waals surface area (Å²) in [6, 6.07) is 20.1. The van der Waals surface area contributed by atoms with Crippen LogP contribution in [0.1, 0.15) is 42.5 Å². The molecular formula is C27H40IN5O. The maximum absolute atomic E-state index is 5.47. The van der Waals surface area contributed by atoms with Crippen molar-refractivity contribution in [3.8, 4) is 0 Å². The van der Waals surface area contributed by atoms with Gasteiger partial charge in [0.15, 0.2) is 5.96 Å². The third kappa shape index (κ3) is 8.22. The van der Waals surface area contributed by atoms with Gasteiger partial charge in [-0.25, -0.2) is 4.99 Å². The van der Waals surface area contributed by atoms with Gasteiger partial charge in [-0.1, -0.05) is 54.6 Å². The summed E-state index contributed by atoms with van der Waals surface area (Å²) >= 11 is 0. The van der Waals surface area contributed by atoms with Gasteiger partial charge in [0.25, 0.3) is 0 Å². The molecule has 1 unspecified atom stereocenters. The number of guanidine groups is 1. The van der Waals surface area contributed by atoms with Gasteiger partial charge in [-0.2, -0.15) is 0 Å². The smallest absolute Gasteiger partial charge is 0.191 e. The van der Waals surface area contributed by atoms with E-state index < -0.39 is 0 Å². The van der Waals surface area contributed by atoms with Crippen molar-refractivity contribution in [3.05, 3.63) is 71.3 Å². The zero-order chi connectivity index (χ0) is 22.7. The molecule has 2 saturated heterocycles. The lowest BCUT2D eigenvalue weighted by molar-refractivity contribution is 0.0342. The molecule has 2 aliphatic rings. The van der Waals surface area contributed by atoms with E-state index in [0.29, 0.717) is 12.6 Å². The molecule has 34 heavy (non-hydrogen) atoms. The summed E-state index contributed by atoms with van der Waals surface area (Å²) in [5, 5.41) is 7.05. The monoisotopic (exact) mass is 577 g/mol. The Labute approximate surface area is 222 Å². The van der Waals surface area contributed by atoms with Crippen molar-refractivity contribution in [2.75, 3.05) is 52.5 Å². The highest BCUT2D eigenvalue weighted by Gasteiger charge is 2.23. The highest BCUT2D eigenvalue weighted by molar-refractivity contribution is 14.0. The van der Waals surface area contributed by atoms with Crippen molar-refractivity contribution in [2.45, 2.75) is 38.9 Å². The number of nitrogens with one attached hydrogen (secondary N) is 2. The first-order chi connectivity index (χ1) is 16.3. The van der Waals surface area contributed by atoms with Crippen molar-refractivity contribution >= 4 is 29.9 Å². The van der Waals surface area contributed by atoms with Crippen LogP contribution in [0.25, 0.3) is 0 Å². The Morgan fingerprint density at radius 2 is 1.68 bits per heavy atom. The topological polar surface area (TPSA) is 52.1 Å². The number of halogens is 1. The lowest BCUT2D eigenvalue weighted by Crippen LogP contribution is -2.42. The number of rotatable bonds is 9. The Morgan fingerprint density at radius 3 is 2.41 bits per heavy atom.